The summed E-state index contributed by atoms with van der Waals surface area (Å²) in [6.45, 7) is 0. The summed E-state index contributed by atoms with van der Waals surface area (Å²) < 4.78 is 11.6. The molecule has 0 saturated carbocycles. The number of rotatable bonds is 6. The first-order chi connectivity index (χ1) is 29.3. The van der Waals surface area contributed by atoms with Crippen molar-refractivity contribution in [2.24, 2.45) is 0 Å². The van der Waals surface area contributed by atoms with Gasteiger partial charge in [-0.3, -0.25) is 4.57 Å². The molecule has 3 aromatic heterocycles. The van der Waals surface area contributed by atoms with Crippen molar-refractivity contribution in [3.05, 3.63) is 218 Å². The Morgan fingerprint density at radius 1 is 0.288 bits per heavy atom. The van der Waals surface area contributed by atoms with E-state index < -0.39 is 0 Å². The number of hydrogen-bond acceptors (Lipinski definition) is 1. The maximum absolute atomic E-state index is 6.94. The Bertz CT molecular complexity index is 3440. The van der Waals surface area contributed by atoms with Crippen LogP contribution in [0.2, 0.25) is 0 Å². The lowest BCUT2D eigenvalue weighted by atomic mass is 9.97. The topological polar surface area (TPSA) is 23.0 Å². The van der Waals surface area contributed by atoms with E-state index in [1.54, 1.807) is 0 Å². The van der Waals surface area contributed by atoms with Crippen LogP contribution in [0.1, 0.15) is 0 Å². The Kier molecular flexibility index (Phi) is 7.54. The molecule has 0 N–H and O–H groups in total. The van der Waals surface area contributed by atoms with Gasteiger partial charge in [0.2, 0.25) is 5.71 Å². The van der Waals surface area contributed by atoms with Gasteiger partial charge >= 0.3 is 0 Å². The lowest BCUT2D eigenvalue weighted by molar-refractivity contribution is 0.646. The summed E-state index contributed by atoms with van der Waals surface area (Å²) in [4.78, 5) is 0. The Balaban J connectivity index is 0.997. The minimum absolute atomic E-state index is 0.863. The first kappa shape index (κ1) is 33.3. The maximum Gasteiger partial charge on any atom is 0.213 e. The van der Waals surface area contributed by atoms with Crippen molar-refractivity contribution in [2.45, 2.75) is 0 Å². The van der Waals surface area contributed by atoms with Crippen molar-refractivity contribution in [1.29, 1.82) is 0 Å². The van der Waals surface area contributed by atoms with E-state index in [0.717, 1.165) is 61.2 Å². The lowest BCUT2D eigenvalue weighted by Gasteiger charge is -2.12. The van der Waals surface area contributed by atoms with Gasteiger partial charge in [-0.1, -0.05) is 158 Å². The molecular weight excluding hydrogens is 717 g/mol. The van der Waals surface area contributed by atoms with Gasteiger partial charge in [0, 0.05) is 38.5 Å². The zero-order valence-corrected chi connectivity index (χ0v) is 32.1. The van der Waals surface area contributed by atoms with Crippen LogP contribution in [0.5, 0.6) is 0 Å². The number of fused-ring (bicyclic) bond motifs is 8. The Hall–Kier alpha value is -7.88. The van der Waals surface area contributed by atoms with Gasteiger partial charge in [-0.05, 0) is 99.6 Å². The molecule has 276 valence electrons. The third-order valence-corrected chi connectivity index (χ3v) is 11.9. The number of hydrogen-bond donors (Lipinski definition) is 0. The molecule has 0 spiro atoms. The zero-order chi connectivity index (χ0) is 38.9. The summed E-state index contributed by atoms with van der Waals surface area (Å²) in [6, 6.07) is 78.5. The minimum Gasteiger partial charge on any atom is -0.438 e. The molecule has 9 aromatic carbocycles. The lowest BCUT2D eigenvalue weighted by Crippen LogP contribution is -1.94. The highest BCUT2D eigenvalue weighted by Crippen LogP contribution is 2.43. The SMILES string of the molecule is c1ccc(-c2ccc3c(c2)c2cc(-c4ccccc4)ccc2n3-c2cccc(-c3cccc(-c4cccc5c4oc4c5c5ccccc5n4-c4ccccc4)c3)c2)cc1. The van der Waals surface area contributed by atoms with Crippen molar-refractivity contribution in [3.63, 3.8) is 0 Å². The molecule has 0 bridgehead atoms. The molecule has 0 unspecified atom stereocenters. The molecule has 0 saturated heterocycles. The van der Waals surface area contributed by atoms with Crippen LogP contribution in [0.3, 0.4) is 0 Å². The average Bonchev–Trinajstić information content (AvgIpc) is 3.96. The van der Waals surface area contributed by atoms with Gasteiger partial charge in [-0.2, -0.15) is 0 Å². The van der Waals surface area contributed by atoms with Crippen LogP contribution < -0.4 is 0 Å². The standard InChI is InChI=1S/C56H36N2O/c1-4-15-37(16-5-1)41-29-31-52-49(35-41)50-36-42(38-17-6-2-7-18-38)30-32-53(50)57(52)45-24-13-20-40(34-45)39-19-12-21-43(33-39)46-26-14-27-48-54-47-25-10-11-28-51(47)58(56(54)59-55(46)48)44-22-8-3-9-23-44/h1-36H. The van der Waals surface area contributed by atoms with E-state index in [-0.39, 0.29) is 0 Å². The van der Waals surface area contributed by atoms with Gasteiger partial charge < -0.3 is 8.98 Å². The first-order valence-corrected chi connectivity index (χ1v) is 20.2. The number of benzene rings is 9. The van der Waals surface area contributed by atoms with Crippen LogP contribution in [0, 0.1) is 0 Å². The Morgan fingerprint density at radius 2 is 0.780 bits per heavy atom. The second-order valence-electron chi connectivity index (χ2n) is 15.3. The molecule has 59 heavy (non-hydrogen) atoms. The first-order valence-electron chi connectivity index (χ1n) is 20.2. The fraction of sp³-hybridized carbons (Fsp3) is 0. The van der Waals surface area contributed by atoms with Crippen molar-refractivity contribution in [3.8, 4) is 55.9 Å². The van der Waals surface area contributed by atoms with Crippen LogP contribution in [-0.4, -0.2) is 9.13 Å². The molecule has 0 atom stereocenters. The van der Waals surface area contributed by atoms with Gasteiger partial charge in [-0.15, -0.1) is 0 Å². The summed E-state index contributed by atoms with van der Waals surface area (Å²) in [5.74, 6) is 0. The highest BCUT2D eigenvalue weighted by molar-refractivity contribution is 6.21. The summed E-state index contributed by atoms with van der Waals surface area (Å²) in [7, 11) is 0. The molecule has 12 rings (SSSR count). The van der Waals surface area contributed by atoms with Crippen LogP contribution in [0.15, 0.2) is 223 Å². The Labute approximate surface area is 341 Å². The van der Waals surface area contributed by atoms with Gasteiger partial charge in [0.15, 0.2) is 0 Å². The fourth-order valence-corrected chi connectivity index (χ4v) is 9.19. The van der Waals surface area contributed by atoms with Gasteiger partial charge in [0.1, 0.15) is 5.58 Å². The molecule has 12 aromatic rings. The molecule has 3 heteroatoms. The van der Waals surface area contributed by atoms with E-state index in [4.69, 9.17) is 4.42 Å². The predicted octanol–water partition coefficient (Wildman–Crippen LogP) is 15.3. The van der Waals surface area contributed by atoms with Crippen molar-refractivity contribution in [1.82, 2.24) is 9.13 Å². The van der Waals surface area contributed by atoms with E-state index in [2.05, 4.69) is 228 Å². The maximum atomic E-state index is 6.94. The van der Waals surface area contributed by atoms with E-state index in [1.807, 2.05) is 0 Å². The summed E-state index contributed by atoms with van der Waals surface area (Å²) in [5.41, 5.74) is 16.8. The number of furan rings is 1. The molecule has 0 aliphatic heterocycles. The van der Waals surface area contributed by atoms with Gasteiger partial charge in [0.05, 0.1) is 21.9 Å². The molecule has 3 heterocycles. The molecule has 0 aliphatic carbocycles. The van der Waals surface area contributed by atoms with Crippen molar-refractivity contribution < 1.29 is 4.42 Å². The average molecular weight is 753 g/mol. The summed E-state index contributed by atoms with van der Waals surface area (Å²) in [6.07, 6.45) is 0. The quantitative estimate of drug-likeness (QED) is 0.166. The fourth-order valence-electron chi connectivity index (χ4n) is 9.19. The summed E-state index contributed by atoms with van der Waals surface area (Å²) in [5, 5.41) is 5.92. The third kappa shape index (κ3) is 5.36. The second kappa shape index (κ2) is 13.4. The van der Waals surface area contributed by atoms with Crippen LogP contribution in [0.4, 0.5) is 0 Å². The smallest absolute Gasteiger partial charge is 0.213 e. The number of nitrogens with zero attached hydrogens (tertiary/aromatic N) is 2. The zero-order valence-electron chi connectivity index (χ0n) is 32.1. The molecular formula is C56H36N2O. The normalized spacial score (nSPS) is 11.7. The van der Waals surface area contributed by atoms with Gasteiger partial charge in [0.25, 0.3) is 0 Å². The van der Waals surface area contributed by atoms with E-state index in [0.29, 0.717) is 0 Å². The number of para-hydroxylation sites is 3. The van der Waals surface area contributed by atoms with Crippen molar-refractivity contribution in [2.75, 3.05) is 0 Å². The molecule has 3 nitrogen and oxygen atoms in total. The van der Waals surface area contributed by atoms with E-state index in [1.165, 1.54) is 49.4 Å². The molecule has 0 radical (unpaired) electrons. The summed E-state index contributed by atoms with van der Waals surface area (Å²) >= 11 is 0. The highest BCUT2D eigenvalue weighted by atomic mass is 16.3. The highest BCUT2D eigenvalue weighted by Gasteiger charge is 2.21. The minimum atomic E-state index is 0.863. The predicted molar refractivity (Wildman–Crippen MR) is 247 cm³/mol. The van der Waals surface area contributed by atoms with Crippen LogP contribution in [-0.2, 0) is 0 Å². The Morgan fingerprint density at radius 3 is 1.47 bits per heavy atom. The van der Waals surface area contributed by atoms with Crippen LogP contribution >= 0.6 is 0 Å². The van der Waals surface area contributed by atoms with Crippen molar-refractivity contribution >= 4 is 54.8 Å². The largest absolute Gasteiger partial charge is 0.438 e. The van der Waals surface area contributed by atoms with Crippen LogP contribution in [0.25, 0.3) is 111 Å². The van der Waals surface area contributed by atoms with E-state index >= 15 is 0 Å². The monoisotopic (exact) mass is 752 g/mol. The number of aromatic nitrogens is 2. The second-order valence-corrected chi connectivity index (χ2v) is 15.3. The van der Waals surface area contributed by atoms with E-state index in [9.17, 15) is 0 Å². The molecule has 0 fully saturated rings. The third-order valence-electron chi connectivity index (χ3n) is 11.9. The molecule has 0 aliphatic rings. The van der Waals surface area contributed by atoms with Gasteiger partial charge in [-0.25, -0.2) is 0 Å². The molecule has 0 amide bonds.